The van der Waals surface area contributed by atoms with E-state index in [-0.39, 0.29) is 23.6 Å². The first-order valence-corrected chi connectivity index (χ1v) is 8.44. The number of fused-ring (bicyclic) bond motifs is 1. The Morgan fingerprint density at radius 1 is 1.14 bits per heavy atom. The third kappa shape index (κ3) is 2.74. The number of carbonyl (C=O) groups is 4. The summed E-state index contributed by atoms with van der Waals surface area (Å²) in [6.07, 6.45) is 1.92. The molecule has 1 fully saturated rings. The Balaban J connectivity index is 1.59. The lowest BCUT2D eigenvalue weighted by Crippen LogP contribution is -2.51. The van der Waals surface area contributed by atoms with E-state index in [9.17, 15) is 19.2 Å². The van der Waals surface area contributed by atoms with Crippen molar-refractivity contribution in [2.24, 2.45) is 7.05 Å². The molecule has 0 N–H and O–H groups in total. The van der Waals surface area contributed by atoms with Crippen molar-refractivity contribution in [3.63, 3.8) is 0 Å². The van der Waals surface area contributed by atoms with E-state index in [1.54, 1.807) is 25.4 Å². The highest BCUT2D eigenvalue weighted by atomic mass is 16.7. The Morgan fingerprint density at radius 3 is 2.36 bits per heavy atom. The molecule has 2 aliphatic rings. The van der Waals surface area contributed by atoms with Gasteiger partial charge in [0, 0.05) is 25.9 Å². The van der Waals surface area contributed by atoms with Gasteiger partial charge in [-0.1, -0.05) is 17.2 Å². The van der Waals surface area contributed by atoms with Crippen LogP contribution in [-0.2, 0) is 26.2 Å². The molecule has 4 rings (SSSR count). The van der Waals surface area contributed by atoms with Gasteiger partial charge in [0.15, 0.2) is 6.10 Å². The molecule has 2 atom stereocenters. The number of hydrogen-bond acceptors (Lipinski definition) is 7. The van der Waals surface area contributed by atoms with Crippen LogP contribution in [0.3, 0.4) is 0 Å². The monoisotopic (exact) mass is 384 g/mol. The average Bonchev–Trinajstić information content (AvgIpc) is 3.21. The molecule has 2 aromatic rings. The summed E-state index contributed by atoms with van der Waals surface area (Å²) in [4.78, 5) is 56.1. The molecule has 0 unspecified atom stereocenters. The first-order chi connectivity index (χ1) is 13.4. The van der Waals surface area contributed by atoms with Gasteiger partial charge in [0.1, 0.15) is 6.61 Å². The summed E-state index contributed by atoms with van der Waals surface area (Å²) in [5.41, 5.74) is 0.865. The molecule has 0 bridgehead atoms. The third-order valence-electron chi connectivity index (χ3n) is 4.72. The van der Waals surface area contributed by atoms with Gasteiger partial charge >= 0.3 is 5.97 Å². The lowest BCUT2D eigenvalue weighted by Gasteiger charge is -2.37. The summed E-state index contributed by atoms with van der Waals surface area (Å²) >= 11 is 0. The number of rotatable bonds is 3. The normalized spacial score (nSPS) is 21.9. The van der Waals surface area contributed by atoms with Crippen molar-refractivity contribution >= 4 is 23.7 Å². The summed E-state index contributed by atoms with van der Waals surface area (Å²) < 4.78 is 6.93. The van der Waals surface area contributed by atoms with Gasteiger partial charge in [0.2, 0.25) is 5.91 Å². The molecular weight excluding hydrogens is 368 g/mol. The Bertz CT molecular complexity index is 964. The Labute approximate surface area is 159 Å². The van der Waals surface area contributed by atoms with Crippen molar-refractivity contribution in [2.75, 3.05) is 13.7 Å². The molecule has 2 aliphatic heterocycles. The molecule has 0 radical (unpaired) electrons. The minimum Gasteiger partial charge on any atom is -0.354 e. The number of morpholine rings is 1. The van der Waals surface area contributed by atoms with Crippen LogP contribution in [0.2, 0.25) is 0 Å². The van der Waals surface area contributed by atoms with Crippen molar-refractivity contribution < 1.29 is 28.8 Å². The van der Waals surface area contributed by atoms with Crippen LogP contribution in [0.1, 0.15) is 32.3 Å². The van der Waals surface area contributed by atoms with Crippen LogP contribution in [0.25, 0.3) is 0 Å². The number of likely N-dealkylation sites (N-methyl/N-ethyl adjacent to an activating group) is 1. The Morgan fingerprint density at radius 2 is 1.79 bits per heavy atom. The van der Waals surface area contributed by atoms with Crippen LogP contribution in [-0.4, -0.2) is 63.2 Å². The Hall–Kier alpha value is -3.53. The van der Waals surface area contributed by atoms with Gasteiger partial charge in [-0.05, 0) is 12.1 Å². The van der Waals surface area contributed by atoms with Crippen molar-refractivity contribution in [2.45, 2.75) is 12.1 Å². The van der Waals surface area contributed by atoms with Crippen LogP contribution in [0.4, 0.5) is 0 Å². The second kappa shape index (κ2) is 6.57. The van der Waals surface area contributed by atoms with Gasteiger partial charge in [-0.3, -0.25) is 19.1 Å². The first-order valence-electron chi connectivity index (χ1n) is 8.44. The highest BCUT2D eigenvalue weighted by molar-refractivity contribution is 6.20. The maximum Gasteiger partial charge on any atom is 0.364 e. The van der Waals surface area contributed by atoms with Gasteiger partial charge in [0.25, 0.3) is 11.8 Å². The summed E-state index contributed by atoms with van der Waals surface area (Å²) in [6.45, 7) is -0.324. The fraction of sp³-hybridized carbons (Fsp3) is 0.278. The zero-order chi connectivity index (χ0) is 20.0. The lowest BCUT2D eigenvalue weighted by molar-refractivity contribution is -0.193. The predicted molar refractivity (Wildman–Crippen MR) is 91.5 cm³/mol. The zero-order valence-electron chi connectivity index (χ0n) is 15.1. The predicted octanol–water partition coefficient (Wildman–Crippen LogP) is 0.0728. The van der Waals surface area contributed by atoms with Gasteiger partial charge < -0.3 is 14.5 Å². The molecule has 1 aromatic carbocycles. The van der Waals surface area contributed by atoms with Gasteiger partial charge in [-0.2, -0.15) is 5.10 Å². The molecule has 0 aliphatic carbocycles. The van der Waals surface area contributed by atoms with Gasteiger partial charge in [-0.15, -0.1) is 0 Å². The van der Waals surface area contributed by atoms with E-state index in [1.165, 1.54) is 35.0 Å². The number of imide groups is 1. The molecule has 10 heteroatoms. The third-order valence-corrected chi connectivity index (χ3v) is 4.72. The topological polar surface area (TPSA) is 111 Å². The number of nitrogens with zero attached hydrogens (tertiary/aromatic N) is 4. The molecule has 10 nitrogen and oxygen atoms in total. The SMILES string of the molecule is CN1C(=O)CO[C@H](C(=O)ON2C(=O)c3ccccc3C2=O)[C@H]1c1cnn(C)c1. The highest BCUT2D eigenvalue weighted by Gasteiger charge is 2.45. The quantitative estimate of drug-likeness (QED) is 0.689. The molecule has 3 heterocycles. The summed E-state index contributed by atoms with van der Waals surface area (Å²) in [7, 11) is 3.23. The molecular formula is C18H16N4O6. The van der Waals surface area contributed by atoms with Crippen LogP contribution in [0.15, 0.2) is 36.7 Å². The minimum absolute atomic E-state index is 0.154. The fourth-order valence-corrected chi connectivity index (χ4v) is 3.29. The highest BCUT2D eigenvalue weighted by Crippen LogP contribution is 2.31. The van der Waals surface area contributed by atoms with E-state index in [2.05, 4.69) is 5.10 Å². The molecule has 1 saturated heterocycles. The van der Waals surface area contributed by atoms with Gasteiger partial charge in [0.05, 0.1) is 23.4 Å². The summed E-state index contributed by atoms with van der Waals surface area (Å²) in [5.74, 6) is -2.74. The minimum atomic E-state index is -1.23. The standard InChI is InChI=1S/C18H16N4O6/c1-20-8-10(7-19-20)14-15(27-9-13(23)21(14)2)18(26)28-22-16(24)11-5-3-4-6-12(11)17(22)25/h3-8,14-15H,9H2,1-2H3/t14-,15+/m1/s1. The smallest absolute Gasteiger partial charge is 0.354 e. The van der Waals surface area contributed by atoms with E-state index in [1.807, 2.05) is 0 Å². The molecule has 0 saturated carbocycles. The molecule has 0 spiro atoms. The average molecular weight is 384 g/mol. The number of ether oxygens (including phenoxy) is 1. The fourth-order valence-electron chi connectivity index (χ4n) is 3.29. The molecule has 3 amide bonds. The van der Waals surface area contributed by atoms with E-state index in [0.717, 1.165) is 0 Å². The van der Waals surface area contributed by atoms with Crippen molar-refractivity contribution in [3.05, 3.63) is 53.3 Å². The van der Waals surface area contributed by atoms with Gasteiger partial charge in [-0.25, -0.2) is 4.79 Å². The Kier molecular flexibility index (Phi) is 4.19. The number of amides is 3. The van der Waals surface area contributed by atoms with Crippen LogP contribution >= 0.6 is 0 Å². The van der Waals surface area contributed by atoms with Crippen molar-refractivity contribution in [3.8, 4) is 0 Å². The number of aromatic nitrogens is 2. The van der Waals surface area contributed by atoms with E-state index in [0.29, 0.717) is 10.6 Å². The number of benzene rings is 1. The number of aryl methyl sites for hydroxylation is 1. The summed E-state index contributed by atoms with van der Waals surface area (Å²) in [6, 6.07) is 5.37. The number of hydroxylamine groups is 2. The zero-order valence-corrected chi connectivity index (χ0v) is 15.1. The second-order valence-corrected chi connectivity index (χ2v) is 6.49. The number of hydrogen-bond donors (Lipinski definition) is 0. The van der Waals surface area contributed by atoms with Crippen LogP contribution in [0.5, 0.6) is 0 Å². The summed E-state index contributed by atoms with van der Waals surface area (Å²) in [5, 5.41) is 4.48. The second-order valence-electron chi connectivity index (χ2n) is 6.49. The van der Waals surface area contributed by atoms with Crippen molar-refractivity contribution in [1.82, 2.24) is 19.7 Å². The maximum atomic E-state index is 12.8. The van der Waals surface area contributed by atoms with E-state index in [4.69, 9.17) is 9.57 Å². The molecule has 144 valence electrons. The van der Waals surface area contributed by atoms with E-state index >= 15 is 0 Å². The first kappa shape index (κ1) is 17.9. The van der Waals surface area contributed by atoms with Crippen LogP contribution < -0.4 is 0 Å². The van der Waals surface area contributed by atoms with Crippen molar-refractivity contribution in [1.29, 1.82) is 0 Å². The number of carbonyl (C=O) groups excluding carboxylic acids is 4. The van der Waals surface area contributed by atoms with Crippen LogP contribution in [0, 0.1) is 0 Å². The van der Waals surface area contributed by atoms with E-state index < -0.39 is 29.9 Å². The molecule has 1 aromatic heterocycles. The molecule has 28 heavy (non-hydrogen) atoms. The lowest BCUT2D eigenvalue weighted by atomic mass is 10.0. The maximum absolute atomic E-state index is 12.8. The largest absolute Gasteiger partial charge is 0.364 e.